The molecule has 0 aromatic heterocycles. The molecule has 2 aliphatic rings. The van der Waals surface area contributed by atoms with Gasteiger partial charge in [0.2, 0.25) is 5.91 Å². The van der Waals surface area contributed by atoms with E-state index in [1.807, 2.05) is 6.07 Å². The topological polar surface area (TPSA) is 69.6 Å². The van der Waals surface area contributed by atoms with E-state index in [4.69, 9.17) is 0 Å². The van der Waals surface area contributed by atoms with Gasteiger partial charge in [0.25, 0.3) is 5.91 Å². The first-order valence-electron chi connectivity index (χ1n) is 8.98. The summed E-state index contributed by atoms with van der Waals surface area (Å²) in [4.78, 5) is 26.0. The largest absolute Gasteiger partial charge is 0.388 e. The normalized spacial score (nSPS) is 20.7. The smallest absolute Gasteiger partial charge is 0.251 e. The average Bonchev–Trinajstić information content (AvgIpc) is 2.90. The van der Waals surface area contributed by atoms with Gasteiger partial charge in [-0.2, -0.15) is 0 Å². The van der Waals surface area contributed by atoms with E-state index in [0.717, 1.165) is 50.6 Å². The second-order valence-electron chi connectivity index (χ2n) is 7.02. The van der Waals surface area contributed by atoms with Gasteiger partial charge in [0, 0.05) is 30.8 Å². The molecule has 1 aliphatic heterocycles. The molecule has 2 N–H and O–H groups in total. The highest BCUT2D eigenvalue weighted by atomic mass is 16.3. The predicted octanol–water partition coefficient (Wildman–Crippen LogP) is 2.63. The molecule has 3 rings (SSSR count). The second kappa shape index (κ2) is 7.34. The molecule has 1 aromatic rings. The van der Waals surface area contributed by atoms with Gasteiger partial charge in [-0.3, -0.25) is 9.59 Å². The van der Waals surface area contributed by atoms with Crippen LogP contribution in [0.3, 0.4) is 0 Å². The first-order chi connectivity index (χ1) is 11.6. The monoisotopic (exact) mass is 330 g/mol. The summed E-state index contributed by atoms with van der Waals surface area (Å²) in [6, 6.07) is 7.17. The van der Waals surface area contributed by atoms with Crippen LogP contribution in [0.25, 0.3) is 0 Å². The molecule has 5 nitrogen and oxygen atoms in total. The first-order valence-corrected chi connectivity index (χ1v) is 8.98. The van der Waals surface area contributed by atoms with Crippen molar-refractivity contribution in [2.24, 2.45) is 0 Å². The maximum atomic E-state index is 12.4. The SMILES string of the molecule is O=C(NCC1(O)CCCCCC1)c1cccc(N2CCCC2=O)c1. The summed E-state index contributed by atoms with van der Waals surface area (Å²) in [5.41, 5.74) is 0.525. The summed E-state index contributed by atoms with van der Waals surface area (Å²) >= 11 is 0. The molecular weight excluding hydrogens is 304 g/mol. The molecule has 0 atom stereocenters. The van der Waals surface area contributed by atoms with Gasteiger partial charge in [-0.25, -0.2) is 0 Å². The molecule has 0 radical (unpaired) electrons. The van der Waals surface area contributed by atoms with E-state index in [1.54, 1.807) is 23.1 Å². The Kier molecular flexibility index (Phi) is 5.19. The van der Waals surface area contributed by atoms with Crippen LogP contribution in [0.5, 0.6) is 0 Å². The quantitative estimate of drug-likeness (QED) is 0.834. The molecule has 130 valence electrons. The van der Waals surface area contributed by atoms with Crippen molar-refractivity contribution in [2.75, 3.05) is 18.0 Å². The van der Waals surface area contributed by atoms with Crippen molar-refractivity contribution < 1.29 is 14.7 Å². The van der Waals surface area contributed by atoms with E-state index in [0.29, 0.717) is 25.1 Å². The Morgan fingerprint density at radius 1 is 1.17 bits per heavy atom. The van der Waals surface area contributed by atoms with Crippen LogP contribution in [0.4, 0.5) is 5.69 Å². The minimum Gasteiger partial charge on any atom is -0.388 e. The third-order valence-corrected chi connectivity index (χ3v) is 5.11. The first kappa shape index (κ1) is 17.0. The van der Waals surface area contributed by atoms with E-state index >= 15 is 0 Å². The lowest BCUT2D eigenvalue weighted by Crippen LogP contribution is -2.42. The van der Waals surface area contributed by atoms with E-state index in [2.05, 4.69) is 5.32 Å². The predicted molar refractivity (Wildman–Crippen MR) is 93.0 cm³/mol. The number of hydrogen-bond acceptors (Lipinski definition) is 3. The molecule has 1 saturated carbocycles. The van der Waals surface area contributed by atoms with Gasteiger partial charge in [-0.1, -0.05) is 31.7 Å². The van der Waals surface area contributed by atoms with Crippen molar-refractivity contribution in [1.82, 2.24) is 5.32 Å². The van der Waals surface area contributed by atoms with Crippen LogP contribution in [-0.4, -0.2) is 35.6 Å². The zero-order valence-corrected chi connectivity index (χ0v) is 14.1. The Morgan fingerprint density at radius 3 is 2.58 bits per heavy atom. The van der Waals surface area contributed by atoms with Crippen molar-refractivity contribution in [3.63, 3.8) is 0 Å². The Bertz CT molecular complexity index is 606. The number of carbonyl (C=O) groups is 2. The second-order valence-corrected chi connectivity index (χ2v) is 7.02. The molecule has 1 heterocycles. The molecule has 0 unspecified atom stereocenters. The fourth-order valence-corrected chi connectivity index (χ4v) is 3.65. The molecular formula is C19H26N2O3. The van der Waals surface area contributed by atoms with Crippen molar-refractivity contribution in [1.29, 1.82) is 0 Å². The number of benzene rings is 1. The summed E-state index contributed by atoms with van der Waals surface area (Å²) in [6.07, 6.45) is 7.26. The maximum Gasteiger partial charge on any atom is 0.251 e. The van der Waals surface area contributed by atoms with Crippen molar-refractivity contribution >= 4 is 17.5 Å². The minimum absolute atomic E-state index is 0.111. The Hall–Kier alpha value is -1.88. The van der Waals surface area contributed by atoms with Gasteiger partial charge in [0.1, 0.15) is 0 Å². The maximum absolute atomic E-state index is 12.4. The van der Waals surface area contributed by atoms with Crippen LogP contribution >= 0.6 is 0 Å². The number of hydrogen-bond donors (Lipinski definition) is 2. The number of aliphatic hydroxyl groups is 1. The molecule has 1 aromatic carbocycles. The van der Waals surface area contributed by atoms with Crippen LogP contribution in [0.15, 0.2) is 24.3 Å². The lowest BCUT2D eigenvalue weighted by molar-refractivity contribution is -0.117. The van der Waals surface area contributed by atoms with Gasteiger partial charge < -0.3 is 15.3 Å². The highest BCUT2D eigenvalue weighted by Gasteiger charge is 2.28. The van der Waals surface area contributed by atoms with Crippen LogP contribution in [0.2, 0.25) is 0 Å². The van der Waals surface area contributed by atoms with Gasteiger partial charge in [-0.15, -0.1) is 0 Å². The van der Waals surface area contributed by atoms with Crippen LogP contribution < -0.4 is 10.2 Å². The zero-order chi connectivity index (χ0) is 17.0. The molecule has 0 spiro atoms. The van der Waals surface area contributed by atoms with E-state index in [1.165, 1.54) is 0 Å². The Labute approximate surface area is 143 Å². The van der Waals surface area contributed by atoms with E-state index < -0.39 is 5.60 Å². The molecule has 2 fully saturated rings. The lowest BCUT2D eigenvalue weighted by Gasteiger charge is -2.27. The summed E-state index contributed by atoms with van der Waals surface area (Å²) in [5, 5.41) is 13.5. The molecule has 5 heteroatoms. The number of rotatable bonds is 4. The lowest BCUT2D eigenvalue weighted by atomic mass is 9.94. The molecule has 2 amide bonds. The zero-order valence-electron chi connectivity index (χ0n) is 14.1. The molecule has 0 bridgehead atoms. The Balaban J connectivity index is 1.63. The van der Waals surface area contributed by atoms with Crippen LogP contribution in [0, 0.1) is 0 Å². The van der Waals surface area contributed by atoms with Crippen LogP contribution in [-0.2, 0) is 4.79 Å². The van der Waals surface area contributed by atoms with Gasteiger partial charge >= 0.3 is 0 Å². The molecule has 1 saturated heterocycles. The third kappa shape index (κ3) is 3.96. The number of nitrogens with zero attached hydrogens (tertiary/aromatic N) is 1. The standard InChI is InChI=1S/C19H26N2O3/c22-17-9-6-12-21(17)16-8-5-7-15(13-16)18(23)20-14-19(24)10-3-1-2-4-11-19/h5,7-8,13,24H,1-4,6,9-12,14H2,(H,20,23). The number of carbonyl (C=O) groups excluding carboxylic acids is 2. The van der Waals surface area contributed by atoms with Crippen molar-refractivity contribution in [3.8, 4) is 0 Å². The summed E-state index contributed by atoms with van der Waals surface area (Å²) < 4.78 is 0. The van der Waals surface area contributed by atoms with Crippen molar-refractivity contribution in [3.05, 3.63) is 29.8 Å². The Morgan fingerprint density at radius 2 is 1.92 bits per heavy atom. The minimum atomic E-state index is -0.783. The van der Waals surface area contributed by atoms with Gasteiger partial charge in [-0.05, 0) is 37.5 Å². The summed E-state index contributed by atoms with van der Waals surface area (Å²) in [6.45, 7) is 1.00. The average molecular weight is 330 g/mol. The number of nitrogens with one attached hydrogen (secondary N) is 1. The van der Waals surface area contributed by atoms with Gasteiger partial charge in [0.05, 0.1) is 5.60 Å². The van der Waals surface area contributed by atoms with E-state index in [9.17, 15) is 14.7 Å². The summed E-state index contributed by atoms with van der Waals surface area (Å²) in [5.74, 6) is -0.0820. The van der Waals surface area contributed by atoms with Crippen molar-refractivity contribution in [2.45, 2.75) is 57.0 Å². The highest BCUT2D eigenvalue weighted by molar-refractivity contribution is 5.99. The fraction of sp³-hybridized carbons (Fsp3) is 0.579. The van der Waals surface area contributed by atoms with Gasteiger partial charge in [0.15, 0.2) is 0 Å². The summed E-state index contributed by atoms with van der Waals surface area (Å²) in [7, 11) is 0. The number of anilines is 1. The molecule has 1 aliphatic carbocycles. The fourth-order valence-electron chi connectivity index (χ4n) is 3.65. The van der Waals surface area contributed by atoms with E-state index in [-0.39, 0.29) is 11.8 Å². The number of amides is 2. The third-order valence-electron chi connectivity index (χ3n) is 5.11. The highest BCUT2D eigenvalue weighted by Crippen LogP contribution is 2.26. The molecule has 24 heavy (non-hydrogen) atoms. The van der Waals surface area contributed by atoms with Crippen LogP contribution in [0.1, 0.15) is 61.7 Å².